The molecule has 0 saturated carbocycles. The quantitative estimate of drug-likeness (QED) is 0.265. The Labute approximate surface area is 217 Å². The normalized spacial score (nSPS) is 13.9. The van der Waals surface area contributed by atoms with E-state index in [2.05, 4.69) is 18.3 Å². The van der Waals surface area contributed by atoms with Crippen molar-refractivity contribution in [1.29, 1.82) is 0 Å². The van der Waals surface area contributed by atoms with E-state index in [-0.39, 0.29) is 17.6 Å². The number of hydrogen-bond acceptors (Lipinski definition) is 4. The topological polar surface area (TPSA) is 58.6 Å². The molecule has 1 aliphatic heterocycles. The van der Waals surface area contributed by atoms with Gasteiger partial charge < -0.3 is 10.1 Å². The highest BCUT2D eigenvalue weighted by Gasteiger charge is 2.30. The van der Waals surface area contributed by atoms with Gasteiger partial charge in [0.1, 0.15) is 0 Å². The van der Waals surface area contributed by atoms with Crippen LogP contribution in [0.4, 0.5) is 5.69 Å². The number of rotatable bonds is 10. The lowest BCUT2D eigenvalue weighted by atomic mass is 10.1. The van der Waals surface area contributed by atoms with Crippen molar-refractivity contribution in [3.63, 3.8) is 0 Å². The second kappa shape index (κ2) is 12.5. The van der Waals surface area contributed by atoms with E-state index in [9.17, 15) is 9.59 Å². The van der Waals surface area contributed by atoms with Gasteiger partial charge in [-0.1, -0.05) is 61.0 Å². The number of thioether (sulfide) groups is 1. The highest BCUT2D eigenvalue weighted by atomic mass is 32.2. The monoisotopic (exact) mass is 500 g/mol. The predicted octanol–water partition coefficient (Wildman–Crippen LogP) is 6.22. The van der Waals surface area contributed by atoms with Crippen LogP contribution in [-0.2, 0) is 11.3 Å². The molecule has 0 aliphatic carbocycles. The van der Waals surface area contributed by atoms with Crippen molar-refractivity contribution in [2.24, 2.45) is 0 Å². The first kappa shape index (κ1) is 25.6. The summed E-state index contributed by atoms with van der Waals surface area (Å²) in [6, 6.07) is 22.9. The Hall–Kier alpha value is -3.51. The second-order valence-corrected chi connectivity index (χ2v) is 10.0. The zero-order chi connectivity index (χ0) is 25.3. The van der Waals surface area contributed by atoms with Crippen LogP contribution in [-0.4, -0.2) is 29.9 Å². The average molecular weight is 501 g/mol. The first-order chi connectivity index (χ1) is 17.5. The van der Waals surface area contributed by atoms with Crippen molar-refractivity contribution in [3.05, 3.63) is 101 Å². The van der Waals surface area contributed by atoms with Gasteiger partial charge in [0.25, 0.3) is 11.8 Å². The van der Waals surface area contributed by atoms with Crippen molar-refractivity contribution in [2.45, 2.75) is 33.2 Å². The smallest absolute Gasteiger partial charge is 0.294 e. The molecule has 36 heavy (non-hydrogen) atoms. The molecule has 1 heterocycles. The molecular weight excluding hydrogens is 468 g/mol. The number of benzene rings is 3. The summed E-state index contributed by atoms with van der Waals surface area (Å²) in [5.41, 5.74) is 4.35. The van der Waals surface area contributed by atoms with E-state index in [0.717, 1.165) is 40.3 Å². The van der Waals surface area contributed by atoms with Gasteiger partial charge in [0.15, 0.2) is 11.5 Å². The molecular formula is C30H32N2O3S. The summed E-state index contributed by atoms with van der Waals surface area (Å²) in [4.78, 5) is 27.6. The minimum absolute atomic E-state index is 0.0852. The third-order valence-electron chi connectivity index (χ3n) is 5.83. The Kier molecular flexibility index (Phi) is 8.85. The van der Waals surface area contributed by atoms with Crippen LogP contribution in [0.1, 0.15) is 46.8 Å². The van der Waals surface area contributed by atoms with Crippen molar-refractivity contribution >= 4 is 35.3 Å². The van der Waals surface area contributed by atoms with E-state index < -0.39 is 0 Å². The van der Waals surface area contributed by atoms with Gasteiger partial charge in [-0.2, -0.15) is 11.8 Å². The van der Waals surface area contributed by atoms with E-state index in [0.29, 0.717) is 24.4 Å². The van der Waals surface area contributed by atoms with Crippen LogP contribution in [0.25, 0.3) is 6.08 Å². The fourth-order valence-electron chi connectivity index (χ4n) is 4.02. The molecule has 0 saturated heterocycles. The summed E-state index contributed by atoms with van der Waals surface area (Å²) in [5.74, 6) is 2.83. The predicted molar refractivity (Wildman–Crippen MR) is 148 cm³/mol. The number of para-hydroxylation sites is 2. The molecule has 0 radical (unpaired) electrons. The first-order valence-corrected chi connectivity index (χ1v) is 13.5. The summed E-state index contributed by atoms with van der Waals surface area (Å²) in [7, 11) is 0. The van der Waals surface area contributed by atoms with Gasteiger partial charge in [-0.15, -0.1) is 0 Å². The number of amides is 2. The lowest BCUT2D eigenvalue weighted by Crippen LogP contribution is -2.36. The number of nitrogens with one attached hydrogen (secondary N) is 1. The highest BCUT2D eigenvalue weighted by Crippen LogP contribution is 2.36. The maximum Gasteiger partial charge on any atom is 0.294 e. The zero-order valence-corrected chi connectivity index (χ0v) is 21.6. The number of carbonyl (C=O) groups excluding carboxylic acids is 2. The van der Waals surface area contributed by atoms with Crippen LogP contribution in [0.3, 0.4) is 0 Å². The van der Waals surface area contributed by atoms with Crippen LogP contribution in [0, 0.1) is 6.92 Å². The summed E-state index contributed by atoms with van der Waals surface area (Å²) in [6.07, 6.45) is 3.86. The molecule has 0 fully saturated rings. The number of anilines is 1. The number of fused-ring (bicyclic) bond motifs is 1. The van der Waals surface area contributed by atoms with Crippen LogP contribution in [0.5, 0.6) is 5.75 Å². The third-order valence-corrected chi connectivity index (χ3v) is 7.10. The van der Waals surface area contributed by atoms with E-state index in [1.165, 1.54) is 6.42 Å². The lowest BCUT2D eigenvalue weighted by Gasteiger charge is -2.30. The molecule has 6 heteroatoms. The van der Waals surface area contributed by atoms with Crippen LogP contribution >= 0.6 is 11.8 Å². The summed E-state index contributed by atoms with van der Waals surface area (Å²) < 4.78 is 6.00. The molecule has 0 bridgehead atoms. The van der Waals surface area contributed by atoms with Crippen LogP contribution in [0.2, 0.25) is 0 Å². The van der Waals surface area contributed by atoms with Crippen molar-refractivity contribution in [2.75, 3.05) is 23.0 Å². The molecule has 3 aromatic carbocycles. The number of nitrogens with zero attached hydrogens (tertiary/aromatic N) is 1. The molecule has 0 unspecified atom stereocenters. The molecule has 0 spiro atoms. The average Bonchev–Trinajstić information content (AvgIpc) is 2.89. The van der Waals surface area contributed by atoms with E-state index in [1.54, 1.807) is 23.1 Å². The van der Waals surface area contributed by atoms with Crippen molar-refractivity contribution < 1.29 is 14.3 Å². The van der Waals surface area contributed by atoms with Crippen molar-refractivity contribution in [1.82, 2.24) is 5.32 Å². The first-order valence-electron chi connectivity index (χ1n) is 12.4. The maximum absolute atomic E-state index is 13.4. The SMILES string of the molecule is CCCSCCCNC(=O)c1ccc(C=C2Oc3ccccc3N(Cc3cccc(C)c3)C2=O)cc1. The highest BCUT2D eigenvalue weighted by molar-refractivity contribution is 7.99. The minimum Gasteiger partial charge on any atom is -0.449 e. The number of ether oxygens (including phenoxy) is 1. The number of carbonyl (C=O) groups is 2. The maximum atomic E-state index is 13.4. The summed E-state index contributed by atoms with van der Waals surface area (Å²) >= 11 is 1.92. The van der Waals surface area contributed by atoms with Gasteiger partial charge in [-0.25, -0.2) is 0 Å². The van der Waals surface area contributed by atoms with Gasteiger partial charge in [0.05, 0.1) is 12.2 Å². The molecule has 5 nitrogen and oxygen atoms in total. The Morgan fingerprint density at radius 1 is 1.03 bits per heavy atom. The number of hydrogen-bond donors (Lipinski definition) is 1. The molecule has 0 aromatic heterocycles. The summed E-state index contributed by atoms with van der Waals surface area (Å²) in [6.45, 7) is 5.33. The van der Waals surface area contributed by atoms with E-state index in [1.807, 2.05) is 73.3 Å². The largest absolute Gasteiger partial charge is 0.449 e. The second-order valence-electron chi connectivity index (χ2n) is 8.80. The van der Waals surface area contributed by atoms with Crippen LogP contribution < -0.4 is 15.0 Å². The Bertz CT molecular complexity index is 1240. The molecule has 186 valence electrons. The van der Waals surface area contributed by atoms with Gasteiger partial charge >= 0.3 is 0 Å². The Morgan fingerprint density at radius 2 is 1.83 bits per heavy atom. The molecule has 2 amide bonds. The third kappa shape index (κ3) is 6.58. The minimum atomic E-state index is -0.196. The van der Waals surface area contributed by atoms with Gasteiger partial charge in [-0.05, 0) is 72.7 Å². The zero-order valence-electron chi connectivity index (χ0n) is 20.8. The Balaban J connectivity index is 1.46. The number of aryl methyl sites for hydroxylation is 1. The van der Waals surface area contributed by atoms with Gasteiger partial charge in [0.2, 0.25) is 0 Å². The van der Waals surface area contributed by atoms with Crippen LogP contribution in [0.15, 0.2) is 78.6 Å². The molecule has 0 atom stereocenters. The fourth-order valence-corrected chi connectivity index (χ4v) is 4.86. The molecule has 1 aliphatic rings. The van der Waals surface area contributed by atoms with E-state index in [4.69, 9.17) is 4.74 Å². The van der Waals surface area contributed by atoms with E-state index >= 15 is 0 Å². The molecule has 3 aromatic rings. The lowest BCUT2D eigenvalue weighted by molar-refractivity contribution is -0.117. The molecule has 4 rings (SSSR count). The van der Waals surface area contributed by atoms with Gasteiger partial charge in [0, 0.05) is 12.1 Å². The standard InChI is InChI=1S/C30H32N2O3S/c1-3-17-36-18-7-16-31-29(33)25-14-12-23(13-15-25)20-28-30(34)32(21-24-9-6-8-22(2)19-24)26-10-4-5-11-27(26)35-28/h4-6,8-15,19-20H,3,7,16-18,21H2,1-2H3,(H,31,33). The van der Waals surface area contributed by atoms with Gasteiger partial charge in [-0.3, -0.25) is 14.5 Å². The summed E-state index contributed by atoms with van der Waals surface area (Å²) in [5, 5.41) is 2.97. The Morgan fingerprint density at radius 3 is 2.61 bits per heavy atom. The van der Waals surface area contributed by atoms with Crippen molar-refractivity contribution in [3.8, 4) is 5.75 Å². The fraction of sp³-hybridized carbons (Fsp3) is 0.267. The molecule has 1 N–H and O–H groups in total.